The molecule has 2 N–H and O–H groups in total. The molecule has 34 heavy (non-hydrogen) atoms. The number of phenolic OH excluding ortho intramolecular Hbond substituents is 1. The summed E-state index contributed by atoms with van der Waals surface area (Å²) in [7, 11) is 6.09. The average molecular weight is 485 g/mol. The largest absolute Gasteiger partial charge is 0.503 e. The number of ether oxygens (including phenoxy) is 4. The molecule has 10 heteroatoms. The summed E-state index contributed by atoms with van der Waals surface area (Å²) < 4.78 is 24.5. The van der Waals surface area contributed by atoms with Crippen molar-refractivity contribution >= 4 is 35.5 Å². The van der Waals surface area contributed by atoms with E-state index in [2.05, 4.69) is 4.72 Å². The number of hydrogen-bond donors (Lipinski definition) is 2. The van der Waals surface area contributed by atoms with Crippen molar-refractivity contribution < 1.29 is 29.0 Å². The fraction of sp³-hybridized carbons (Fsp3) is 0.167. The van der Waals surface area contributed by atoms with E-state index in [4.69, 9.17) is 18.9 Å². The fourth-order valence-electron chi connectivity index (χ4n) is 3.12. The topological polar surface area (TPSA) is 112 Å². The molecule has 0 fully saturated rings. The van der Waals surface area contributed by atoms with E-state index in [1.807, 2.05) is 24.3 Å². The molecule has 9 nitrogen and oxygen atoms in total. The number of nitrogens with zero attached hydrogens (tertiary/aromatic N) is 1. The second-order valence-electron chi connectivity index (χ2n) is 6.87. The van der Waals surface area contributed by atoms with E-state index >= 15 is 0 Å². The molecule has 3 aromatic carbocycles. The van der Waals surface area contributed by atoms with Gasteiger partial charge in [-0.1, -0.05) is 18.2 Å². The normalized spacial score (nSPS) is 10.7. The zero-order chi connectivity index (χ0) is 24.7. The van der Waals surface area contributed by atoms with Crippen LogP contribution in [-0.2, 0) is 0 Å². The van der Waals surface area contributed by atoms with Gasteiger partial charge >= 0.3 is 0 Å². The first-order valence-corrected chi connectivity index (χ1v) is 10.8. The van der Waals surface area contributed by atoms with Crippen molar-refractivity contribution in [2.75, 3.05) is 33.2 Å². The van der Waals surface area contributed by atoms with Gasteiger partial charge in [0.1, 0.15) is 0 Å². The van der Waals surface area contributed by atoms with Crippen molar-refractivity contribution in [2.24, 2.45) is 0 Å². The number of aromatic hydroxyl groups is 1. The second-order valence-corrected chi connectivity index (χ2v) is 7.75. The molecule has 0 bridgehead atoms. The molecule has 0 spiro atoms. The van der Waals surface area contributed by atoms with Gasteiger partial charge in [0.05, 0.1) is 39.0 Å². The molecule has 0 aliphatic heterocycles. The van der Waals surface area contributed by atoms with Gasteiger partial charge in [-0.2, -0.15) is 0 Å². The lowest BCUT2D eigenvalue weighted by molar-refractivity contribution is -0.385. The Balaban J connectivity index is 1.89. The van der Waals surface area contributed by atoms with Gasteiger partial charge in [-0.25, -0.2) is 0 Å². The summed E-state index contributed by atoms with van der Waals surface area (Å²) in [6.45, 7) is 0. The van der Waals surface area contributed by atoms with Crippen molar-refractivity contribution in [1.29, 1.82) is 0 Å². The highest BCUT2D eigenvalue weighted by atomic mass is 32.2. The van der Waals surface area contributed by atoms with Gasteiger partial charge in [-0.3, -0.25) is 10.1 Å². The summed E-state index contributed by atoms with van der Waals surface area (Å²) in [6.07, 6.45) is 3.69. The molecule has 0 aromatic heterocycles. The van der Waals surface area contributed by atoms with Crippen molar-refractivity contribution in [1.82, 2.24) is 0 Å². The zero-order valence-electron chi connectivity index (χ0n) is 19.0. The lowest BCUT2D eigenvalue weighted by Gasteiger charge is -2.13. The van der Waals surface area contributed by atoms with E-state index in [9.17, 15) is 15.2 Å². The highest BCUT2D eigenvalue weighted by molar-refractivity contribution is 8.00. The van der Waals surface area contributed by atoms with E-state index in [1.165, 1.54) is 19.2 Å². The maximum atomic E-state index is 11.0. The Morgan fingerprint density at radius 1 is 0.882 bits per heavy atom. The fourth-order valence-corrected chi connectivity index (χ4v) is 3.83. The van der Waals surface area contributed by atoms with Gasteiger partial charge in [0.2, 0.25) is 5.75 Å². The first-order valence-electron chi connectivity index (χ1n) is 9.96. The van der Waals surface area contributed by atoms with Crippen LogP contribution in [0.15, 0.2) is 53.4 Å². The molecule has 3 aromatic rings. The summed E-state index contributed by atoms with van der Waals surface area (Å²) in [5.41, 5.74) is 1.92. The third kappa shape index (κ3) is 5.65. The zero-order valence-corrected chi connectivity index (χ0v) is 19.8. The summed E-state index contributed by atoms with van der Waals surface area (Å²) in [5, 5.41) is 21.5. The summed E-state index contributed by atoms with van der Waals surface area (Å²) in [6, 6.07) is 13.2. The van der Waals surface area contributed by atoms with Gasteiger partial charge in [0, 0.05) is 17.0 Å². The molecule has 0 saturated carbocycles. The van der Waals surface area contributed by atoms with E-state index < -0.39 is 4.92 Å². The Labute approximate surface area is 201 Å². The predicted molar refractivity (Wildman–Crippen MR) is 132 cm³/mol. The van der Waals surface area contributed by atoms with E-state index in [-0.39, 0.29) is 17.2 Å². The van der Waals surface area contributed by atoms with Crippen molar-refractivity contribution in [3.63, 3.8) is 0 Å². The summed E-state index contributed by atoms with van der Waals surface area (Å²) in [4.78, 5) is 11.2. The SMILES string of the molecule is COc1cc(/C=C\c2cc(OC)c(OC)c(OC)c2)cc(NSc2cccc([N+](=O)[O-])c2)c1O. The van der Waals surface area contributed by atoms with Gasteiger partial charge in [-0.05, 0) is 53.4 Å². The Kier molecular flexibility index (Phi) is 8.10. The Morgan fingerprint density at radius 2 is 1.47 bits per heavy atom. The lowest BCUT2D eigenvalue weighted by atomic mass is 10.1. The smallest absolute Gasteiger partial charge is 0.270 e. The van der Waals surface area contributed by atoms with Crippen LogP contribution < -0.4 is 23.7 Å². The van der Waals surface area contributed by atoms with Crippen LogP contribution in [0.5, 0.6) is 28.7 Å². The minimum absolute atomic E-state index is 0.0179. The third-order valence-corrected chi connectivity index (χ3v) is 5.59. The number of methoxy groups -OCH3 is 4. The number of rotatable bonds is 10. The van der Waals surface area contributed by atoms with Gasteiger partial charge < -0.3 is 28.8 Å². The standard InChI is InChI=1S/C24H24N2O7S/c1-30-20-11-15(8-9-16-12-21(31-2)24(33-4)22(13-16)32-3)10-19(23(20)27)25-34-18-7-5-6-17(14-18)26(28)29/h5-14,25,27H,1-4H3/b9-8-. The molecule has 0 aliphatic rings. The molecule has 0 radical (unpaired) electrons. The number of nitro benzene ring substituents is 1. The maximum Gasteiger partial charge on any atom is 0.270 e. The van der Waals surface area contributed by atoms with Crippen LogP contribution in [0.4, 0.5) is 11.4 Å². The molecule has 3 rings (SSSR count). The molecule has 0 amide bonds. The molecule has 178 valence electrons. The van der Waals surface area contributed by atoms with Gasteiger partial charge in [0.15, 0.2) is 23.0 Å². The maximum absolute atomic E-state index is 11.0. The monoisotopic (exact) mass is 484 g/mol. The molecular weight excluding hydrogens is 460 g/mol. The van der Waals surface area contributed by atoms with E-state index in [0.29, 0.717) is 27.8 Å². The van der Waals surface area contributed by atoms with Crippen LogP contribution >= 0.6 is 11.9 Å². The van der Waals surface area contributed by atoms with Gasteiger partial charge in [-0.15, -0.1) is 0 Å². The van der Waals surface area contributed by atoms with Crippen LogP contribution in [0.1, 0.15) is 11.1 Å². The molecule has 0 unspecified atom stereocenters. The quantitative estimate of drug-likeness (QED) is 0.124. The van der Waals surface area contributed by atoms with E-state index in [0.717, 1.165) is 23.1 Å². The second kappa shape index (κ2) is 11.2. The number of benzene rings is 3. The first kappa shape index (κ1) is 24.6. The number of phenols is 1. The number of nitrogens with one attached hydrogen (secondary N) is 1. The molecular formula is C24H24N2O7S. The average Bonchev–Trinajstić information content (AvgIpc) is 2.86. The van der Waals surface area contributed by atoms with Crippen molar-refractivity contribution in [3.05, 3.63) is 69.8 Å². The highest BCUT2D eigenvalue weighted by Crippen LogP contribution is 2.40. The number of hydrogen-bond acceptors (Lipinski definition) is 9. The Hall–Kier alpha value is -4.05. The minimum atomic E-state index is -0.459. The van der Waals surface area contributed by atoms with Crippen LogP contribution in [0.2, 0.25) is 0 Å². The Morgan fingerprint density at radius 3 is 2.03 bits per heavy atom. The van der Waals surface area contributed by atoms with Crippen LogP contribution in [0.25, 0.3) is 12.2 Å². The van der Waals surface area contributed by atoms with E-state index in [1.54, 1.807) is 45.6 Å². The van der Waals surface area contributed by atoms with Crippen LogP contribution in [0, 0.1) is 10.1 Å². The molecule has 0 aliphatic carbocycles. The minimum Gasteiger partial charge on any atom is -0.503 e. The lowest BCUT2D eigenvalue weighted by Crippen LogP contribution is -1.95. The van der Waals surface area contributed by atoms with Crippen LogP contribution in [0.3, 0.4) is 0 Å². The number of non-ortho nitro benzene ring substituents is 1. The predicted octanol–water partition coefficient (Wildman–Crippen LogP) is 5.62. The van der Waals surface area contributed by atoms with Crippen molar-refractivity contribution in [3.8, 4) is 28.7 Å². The van der Waals surface area contributed by atoms with Crippen LogP contribution in [-0.4, -0.2) is 38.5 Å². The van der Waals surface area contributed by atoms with Gasteiger partial charge in [0.25, 0.3) is 5.69 Å². The molecule has 0 saturated heterocycles. The Bertz CT molecular complexity index is 1190. The molecule has 0 atom stereocenters. The summed E-state index contributed by atoms with van der Waals surface area (Å²) in [5.74, 6) is 1.75. The van der Waals surface area contributed by atoms with Crippen molar-refractivity contribution in [2.45, 2.75) is 4.90 Å². The molecule has 0 heterocycles. The number of anilines is 1. The third-order valence-electron chi connectivity index (χ3n) is 4.78. The first-order chi connectivity index (χ1) is 16.4. The number of nitro groups is 1. The summed E-state index contributed by atoms with van der Waals surface area (Å²) >= 11 is 1.13. The highest BCUT2D eigenvalue weighted by Gasteiger charge is 2.14.